The minimum absolute atomic E-state index is 0.185. The van der Waals surface area contributed by atoms with Gasteiger partial charge in [-0.1, -0.05) is 36.4 Å². The van der Waals surface area contributed by atoms with Gasteiger partial charge in [-0.2, -0.15) is 5.10 Å². The molecule has 0 aliphatic carbocycles. The van der Waals surface area contributed by atoms with E-state index in [1.54, 1.807) is 42.5 Å². The van der Waals surface area contributed by atoms with Crippen LogP contribution < -0.4 is 10.1 Å². The maximum Gasteiger partial charge on any atom is 0.322 e. The lowest BCUT2D eigenvalue weighted by Gasteiger charge is -2.26. The number of ether oxygens (including phenoxy) is 2. The van der Waals surface area contributed by atoms with Crippen LogP contribution in [0.3, 0.4) is 0 Å². The Labute approximate surface area is 212 Å². The van der Waals surface area contributed by atoms with Gasteiger partial charge < -0.3 is 19.7 Å². The molecule has 1 aromatic heterocycles. The number of hydrogen-bond donors (Lipinski definition) is 1. The Bertz CT molecular complexity index is 1230. The molecule has 36 heavy (non-hydrogen) atoms. The molecule has 8 nitrogen and oxygen atoms in total. The number of methoxy groups -OCH3 is 2. The Morgan fingerprint density at radius 2 is 1.92 bits per heavy atom. The van der Waals surface area contributed by atoms with Gasteiger partial charge in [0, 0.05) is 30.5 Å². The lowest BCUT2D eigenvalue weighted by atomic mass is 10.0. The molecule has 0 saturated heterocycles. The summed E-state index contributed by atoms with van der Waals surface area (Å²) in [6.45, 7) is 0.190. The van der Waals surface area contributed by atoms with Gasteiger partial charge in [0.2, 0.25) is 0 Å². The summed E-state index contributed by atoms with van der Waals surface area (Å²) in [5.41, 5.74) is 1.33. The van der Waals surface area contributed by atoms with Gasteiger partial charge in [-0.15, -0.1) is 11.3 Å². The standard InChI is InChI=1S/C26H27FN4O4S/c1-34-14-13-30(26(33)28-20-10-5-6-11-23(20)35-2)17-25(32)31-22(24-12-7-15-36-24)16-21(29-31)18-8-3-4-9-19(18)27/h3-12,15,22H,13-14,16-17H2,1-2H3,(H,28,33)/t22-/m1/s1. The Balaban J connectivity index is 1.57. The third kappa shape index (κ3) is 5.72. The van der Waals surface area contributed by atoms with Crippen molar-refractivity contribution in [2.45, 2.75) is 12.5 Å². The summed E-state index contributed by atoms with van der Waals surface area (Å²) in [5, 5.41) is 10.6. The fourth-order valence-electron chi connectivity index (χ4n) is 3.93. The molecule has 0 radical (unpaired) electrons. The second-order valence-corrected chi connectivity index (χ2v) is 9.02. The van der Waals surface area contributed by atoms with E-state index in [0.717, 1.165) is 4.88 Å². The summed E-state index contributed by atoms with van der Waals surface area (Å²) in [6.07, 6.45) is 0.374. The molecule has 0 bridgehead atoms. The van der Waals surface area contributed by atoms with Crippen molar-refractivity contribution >= 4 is 34.7 Å². The molecule has 1 aliphatic rings. The normalized spacial score (nSPS) is 14.9. The number of benzene rings is 2. The van der Waals surface area contributed by atoms with Gasteiger partial charge >= 0.3 is 6.03 Å². The van der Waals surface area contributed by atoms with Crippen molar-refractivity contribution in [1.82, 2.24) is 9.91 Å². The molecule has 0 saturated carbocycles. The number of halogens is 1. The zero-order chi connectivity index (χ0) is 25.5. The zero-order valence-electron chi connectivity index (χ0n) is 20.0. The van der Waals surface area contributed by atoms with Gasteiger partial charge in [0.15, 0.2) is 0 Å². The molecule has 0 fully saturated rings. The van der Waals surface area contributed by atoms with Gasteiger partial charge in [-0.25, -0.2) is 14.2 Å². The summed E-state index contributed by atoms with van der Waals surface area (Å²) in [7, 11) is 3.04. The molecule has 2 aromatic carbocycles. The second-order valence-electron chi connectivity index (χ2n) is 8.04. The fraction of sp³-hybridized carbons (Fsp3) is 0.269. The first-order valence-electron chi connectivity index (χ1n) is 11.4. The third-order valence-corrected chi connectivity index (χ3v) is 6.72. The van der Waals surface area contributed by atoms with Crippen molar-refractivity contribution in [3.63, 3.8) is 0 Å². The van der Waals surface area contributed by atoms with Crippen LogP contribution in [0.4, 0.5) is 14.9 Å². The van der Waals surface area contributed by atoms with E-state index in [1.807, 2.05) is 17.5 Å². The lowest BCUT2D eigenvalue weighted by molar-refractivity contribution is -0.133. The molecule has 1 N–H and O–H groups in total. The number of hydrogen-bond acceptors (Lipinski definition) is 6. The van der Waals surface area contributed by atoms with Crippen LogP contribution in [0.5, 0.6) is 5.75 Å². The first kappa shape index (κ1) is 25.3. The van der Waals surface area contributed by atoms with Crippen LogP contribution in [0.15, 0.2) is 71.1 Å². The highest BCUT2D eigenvalue weighted by atomic mass is 32.1. The van der Waals surface area contributed by atoms with E-state index in [0.29, 0.717) is 29.1 Å². The van der Waals surface area contributed by atoms with E-state index in [9.17, 15) is 14.0 Å². The summed E-state index contributed by atoms with van der Waals surface area (Å²) >= 11 is 1.50. The maximum atomic E-state index is 14.5. The van der Waals surface area contributed by atoms with E-state index in [-0.39, 0.29) is 31.6 Å². The van der Waals surface area contributed by atoms with Crippen LogP contribution >= 0.6 is 11.3 Å². The Kier molecular flexibility index (Phi) is 8.29. The van der Waals surface area contributed by atoms with E-state index in [1.165, 1.54) is 41.5 Å². The largest absolute Gasteiger partial charge is 0.495 e. The third-order valence-electron chi connectivity index (χ3n) is 5.75. The number of rotatable bonds is 9. The van der Waals surface area contributed by atoms with Crippen LogP contribution in [0.1, 0.15) is 22.9 Å². The minimum atomic E-state index is -0.477. The van der Waals surface area contributed by atoms with Crippen molar-refractivity contribution in [3.8, 4) is 5.75 Å². The molecule has 188 valence electrons. The first-order valence-corrected chi connectivity index (χ1v) is 12.3. The molecule has 10 heteroatoms. The topological polar surface area (TPSA) is 83.5 Å². The van der Waals surface area contributed by atoms with Crippen molar-refractivity contribution in [2.75, 3.05) is 39.2 Å². The molecule has 0 unspecified atom stereocenters. The molecular formula is C26H27FN4O4S. The monoisotopic (exact) mass is 510 g/mol. The van der Waals surface area contributed by atoms with E-state index < -0.39 is 11.8 Å². The molecule has 4 rings (SSSR count). The van der Waals surface area contributed by atoms with E-state index in [2.05, 4.69) is 10.4 Å². The van der Waals surface area contributed by atoms with E-state index in [4.69, 9.17) is 9.47 Å². The van der Waals surface area contributed by atoms with Gasteiger partial charge in [-0.3, -0.25) is 4.79 Å². The van der Waals surface area contributed by atoms with Crippen LogP contribution in [-0.2, 0) is 9.53 Å². The second kappa shape index (κ2) is 11.8. The number of carbonyl (C=O) groups is 2. The van der Waals surface area contributed by atoms with E-state index >= 15 is 0 Å². The number of para-hydroxylation sites is 2. The Hall–Kier alpha value is -3.76. The summed E-state index contributed by atoms with van der Waals surface area (Å²) in [6, 6.07) is 16.4. The number of nitrogens with one attached hydrogen (secondary N) is 1. The minimum Gasteiger partial charge on any atom is -0.495 e. The van der Waals surface area contributed by atoms with Gasteiger partial charge in [0.05, 0.1) is 31.2 Å². The van der Waals surface area contributed by atoms with Crippen LogP contribution in [0, 0.1) is 5.82 Å². The number of carbonyl (C=O) groups excluding carboxylic acids is 2. The molecule has 2 heterocycles. The molecule has 3 amide bonds. The average Bonchev–Trinajstić information content (AvgIpc) is 3.57. The van der Waals surface area contributed by atoms with Crippen molar-refractivity contribution in [2.24, 2.45) is 5.10 Å². The summed E-state index contributed by atoms with van der Waals surface area (Å²) in [5.74, 6) is -0.278. The highest BCUT2D eigenvalue weighted by Gasteiger charge is 2.35. The highest BCUT2D eigenvalue weighted by Crippen LogP contribution is 2.35. The maximum absolute atomic E-state index is 14.5. The Morgan fingerprint density at radius 1 is 1.14 bits per heavy atom. The number of anilines is 1. The highest BCUT2D eigenvalue weighted by molar-refractivity contribution is 7.10. The molecule has 1 atom stereocenters. The predicted molar refractivity (Wildman–Crippen MR) is 137 cm³/mol. The molecule has 0 spiro atoms. The smallest absolute Gasteiger partial charge is 0.322 e. The van der Waals surface area contributed by atoms with Crippen molar-refractivity contribution in [1.29, 1.82) is 0 Å². The van der Waals surface area contributed by atoms with Gasteiger partial charge in [-0.05, 0) is 29.6 Å². The molecule has 3 aromatic rings. The van der Waals surface area contributed by atoms with Crippen LogP contribution in [0.25, 0.3) is 0 Å². The average molecular weight is 511 g/mol. The van der Waals surface area contributed by atoms with Crippen LogP contribution in [-0.4, -0.2) is 61.5 Å². The summed E-state index contributed by atoms with van der Waals surface area (Å²) < 4.78 is 25.0. The zero-order valence-corrected chi connectivity index (χ0v) is 20.8. The Morgan fingerprint density at radius 3 is 2.64 bits per heavy atom. The quantitative estimate of drug-likeness (QED) is 0.450. The number of nitrogens with zero attached hydrogens (tertiary/aromatic N) is 3. The summed E-state index contributed by atoms with van der Waals surface area (Å²) in [4.78, 5) is 28.9. The van der Waals surface area contributed by atoms with Gasteiger partial charge in [0.25, 0.3) is 5.91 Å². The van der Waals surface area contributed by atoms with Crippen molar-refractivity contribution in [3.05, 3.63) is 82.3 Å². The number of amides is 3. The lowest BCUT2D eigenvalue weighted by Crippen LogP contribution is -2.44. The first-order chi connectivity index (χ1) is 17.5. The SMILES string of the molecule is COCCN(CC(=O)N1N=C(c2ccccc2F)C[C@@H]1c1cccs1)C(=O)Nc1ccccc1OC. The fourth-order valence-corrected chi connectivity index (χ4v) is 4.74. The van der Waals surface area contributed by atoms with Crippen molar-refractivity contribution < 1.29 is 23.5 Å². The number of urea groups is 1. The van der Waals surface area contributed by atoms with Gasteiger partial charge in [0.1, 0.15) is 18.1 Å². The number of thiophene rings is 1. The number of hydrazone groups is 1. The molecular weight excluding hydrogens is 483 g/mol. The van der Waals surface area contributed by atoms with Crippen LogP contribution in [0.2, 0.25) is 0 Å². The molecule has 1 aliphatic heterocycles. The predicted octanol–water partition coefficient (Wildman–Crippen LogP) is 4.75.